The molecule has 17 nitrogen and oxygen atoms in total. The number of aliphatic hydroxyl groups is 1. The normalized spacial score (nSPS) is 18.3. The Balaban J connectivity index is 0.764. The van der Waals surface area contributed by atoms with Gasteiger partial charge in [-0.15, -0.1) is 21.5 Å². The molecule has 2 saturated heterocycles. The van der Waals surface area contributed by atoms with Crippen LogP contribution in [0.1, 0.15) is 117 Å². The van der Waals surface area contributed by atoms with Gasteiger partial charge in [0.05, 0.1) is 53.6 Å². The number of likely N-dealkylation sites (tertiary alicyclic amines) is 2. The van der Waals surface area contributed by atoms with E-state index in [1.807, 2.05) is 57.2 Å². The summed E-state index contributed by atoms with van der Waals surface area (Å²) >= 11 is 1.53. The summed E-state index contributed by atoms with van der Waals surface area (Å²) in [7, 11) is 0. The molecule has 0 radical (unpaired) electrons. The van der Waals surface area contributed by atoms with Crippen molar-refractivity contribution in [2.24, 2.45) is 11.0 Å². The number of hydrogen-bond donors (Lipinski definition) is 3. The highest BCUT2D eigenvalue weighted by Gasteiger charge is 2.44. The Labute approximate surface area is 414 Å². The third kappa shape index (κ3) is 12.7. The van der Waals surface area contributed by atoms with Gasteiger partial charge in [0.2, 0.25) is 17.7 Å². The topological polar surface area (TPSA) is 202 Å². The van der Waals surface area contributed by atoms with Gasteiger partial charge in [-0.3, -0.25) is 14.4 Å². The number of rotatable bonds is 19. The molecule has 2 fully saturated rings. The number of β-amino-alcohol motifs (C(OH)–C–C–N with tert-alkyl or cyclic N) is 1. The summed E-state index contributed by atoms with van der Waals surface area (Å²) in [6, 6.07) is 15.7. The lowest BCUT2D eigenvalue weighted by atomic mass is 9.89. The predicted molar refractivity (Wildman–Crippen MR) is 257 cm³/mol. The van der Waals surface area contributed by atoms with Gasteiger partial charge in [-0.25, -0.2) is 4.98 Å². The monoisotopic (exact) mass is 1000 g/mol. The van der Waals surface area contributed by atoms with Gasteiger partial charge in [0.25, 0.3) is 5.82 Å². The summed E-state index contributed by atoms with van der Waals surface area (Å²) in [6.07, 6.45) is -1.42. The Kier molecular flexibility index (Phi) is 16.5. The molecule has 2 aromatic carbocycles. The van der Waals surface area contributed by atoms with Crippen molar-refractivity contribution in [3.8, 4) is 16.2 Å². The number of hydrogen-bond acceptors (Lipinski definition) is 14. The Hall–Kier alpha value is -6.19. The van der Waals surface area contributed by atoms with Crippen LogP contribution in [0.15, 0.2) is 69.7 Å². The molecule has 3 N–H and O–H groups in total. The van der Waals surface area contributed by atoms with Crippen molar-refractivity contribution in [1.82, 2.24) is 45.4 Å². The van der Waals surface area contributed by atoms with Crippen molar-refractivity contribution in [2.45, 2.75) is 115 Å². The molecule has 1 unspecified atom stereocenters. The first-order chi connectivity index (χ1) is 34.1. The highest BCUT2D eigenvalue weighted by atomic mass is 32.1. The number of carbonyl (C=O) groups excluding carboxylic acids is 3. The number of aromatic nitrogens is 5. The van der Waals surface area contributed by atoms with Crippen LogP contribution >= 0.6 is 11.3 Å². The van der Waals surface area contributed by atoms with E-state index in [0.717, 1.165) is 52.2 Å². The first kappa shape index (κ1) is 51.2. The molecule has 21 heteroatoms. The Morgan fingerprint density at radius 2 is 1.72 bits per heavy atom. The molecule has 380 valence electrons. The molecule has 0 spiro atoms. The van der Waals surface area contributed by atoms with Crippen LogP contribution in [0.3, 0.4) is 0 Å². The number of fused-ring (bicyclic) bond motifs is 1. The second-order valence-corrected chi connectivity index (χ2v) is 19.6. The summed E-state index contributed by atoms with van der Waals surface area (Å²) < 4.78 is 58.3. The number of ether oxygens (including phenoxy) is 2. The molecule has 3 aliphatic heterocycles. The van der Waals surface area contributed by atoms with E-state index in [4.69, 9.17) is 14.0 Å². The highest BCUT2D eigenvalue weighted by Crippen LogP contribution is 2.35. The average Bonchev–Trinajstić information content (AvgIpc) is 4.18. The highest BCUT2D eigenvalue weighted by molar-refractivity contribution is 7.13. The minimum absolute atomic E-state index is 0.0111. The number of amides is 3. The number of alkyl halides is 3. The van der Waals surface area contributed by atoms with Gasteiger partial charge in [0.15, 0.2) is 5.82 Å². The zero-order chi connectivity index (χ0) is 50.2. The van der Waals surface area contributed by atoms with Crippen molar-refractivity contribution in [2.75, 3.05) is 46.0 Å². The minimum atomic E-state index is -4.62. The zero-order valence-electron chi connectivity index (χ0n) is 40.4. The third-order valence-electron chi connectivity index (χ3n) is 13.3. The van der Waals surface area contributed by atoms with Crippen LogP contribution < -0.4 is 15.4 Å². The molecule has 0 aliphatic carbocycles. The number of halogens is 3. The van der Waals surface area contributed by atoms with E-state index in [2.05, 4.69) is 53.1 Å². The SMILES string of the molecule is Cc1cc([C@H](C(=O)N2C[C@H](O)CC2C(=O)N[C@@H](CC(=O)NCCOCCCCOc2ccc(C3CCN(C4=Nn5c(nnc5C(F)(F)F)CC4)CC3)cc2)c2ccc(-c3scnc3C)cc2)C(C)C)on1. The van der Waals surface area contributed by atoms with Gasteiger partial charge in [0.1, 0.15) is 29.3 Å². The number of unbranched alkanes of at least 4 members (excludes halogenated alkanes) is 1. The third-order valence-corrected chi connectivity index (χ3v) is 14.2. The van der Waals surface area contributed by atoms with Crippen molar-refractivity contribution in [3.63, 3.8) is 0 Å². The largest absolute Gasteiger partial charge is 0.494 e. The number of piperidine rings is 1. The maximum absolute atomic E-state index is 14.1. The molecular weight excluding hydrogens is 942 g/mol. The lowest BCUT2D eigenvalue weighted by Gasteiger charge is -2.35. The second-order valence-electron chi connectivity index (χ2n) is 18.8. The Morgan fingerprint density at radius 1 is 0.972 bits per heavy atom. The van der Waals surface area contributed by atoms with Crippen LogP contribution in [0.2, 0.25) is 0 Å². The van der Waals surface area contributed by atoms with E-state index in [1.165, 1.54) is 21.8 Å². The van der Waals surface area contributed by atoms with E-state index in [9.17, 15) is 32.7 Å². The molecule has 3 aliphatic rings. The van der Waals surface area contributed by atoms with Gasteiger partial charge < -0.3 is 39.5 Å². The lowest BCUT2D eigenvalue weighted by molar-refractivity contribution is -0.147. The fraction of sp³-hybridized carbons (Fsp3) is 0.520. The molecule has 71 heavy (non-hydrogen) atoms. The van der Waals surface area contributed by atoms with Gasteiger partial charge in [0, 0.05) is 58.1 Å². The lowest BCUT2D eigenvalue weighted by Crippen LogP contribution is -2.49. The van der Waals surface area contributed by atoms with Gasteiger partial charge in [-0.1, -0.05) is 55.4 Å². The molecule has 3 aromatic heterocycles. The zero-order valence-corrected chi connectivity index (χ0v) is 41.2. The summed E-state index contributed by atoms with van der Waals surface area (Å²) in [5.41, 5.74) is 6.19. The summed E-state index contributed by atoms with van der Waals surface area (Å²) in [5, 5.41) is 31.9. The molecular formula is C50H61F3N10O7S. The van der Waals surface area contributed by atoms with E-state index in [1.54, 1.807) is 18.5 Å². The van der Waals surface area contributed by atoms with Crippen molar-refractivity contribution in [3.05, 3.63) is 100 Å². The number of aryl methyl sites for hydroxylation is 3. The quantitative estimate of drug-likeness (QED) is 0.0720. The molecule has 0 saturated carbocycles. The fourth-order valence-electron chi connectivity index (χ4n) is 9.50. The number of benzene rings is 2. The molecule has 0 bridgehead atoms. The van der Waals surface area contributed by atoms with Gasteiger partial charge in [-0.05, 0) is 80.2 Å². The molecule has 6 heterocycles. The van der Waals surface area contributed by atoms with E-state index in [-0.39, 0.29) is 49.5 Å². The van der Waals surface area contributed by atoms with Crippen LogP contribution in [0.25, 0.3) is 10.4 Å². The van der Waals surface area contributed by atoms with Crippen LogP contribution in [0, 0.1) is 19.8 Å². The van der Waals surface area contributed by atoms with Gasteiger partial charge in [-0.2, -0.15) is 22.9 Å². The minimum Gasteiger partial charge on any atom is -0.494 e. The van der Waals surface area contributed by atoms with E-state index >= 15 is 0 Å². The van der Waals surface area contributed by atoms with Crippen LogP contribution in [-0.4, -0.2) is 122 Å². The van der Waals surface area contributed by atoms with Gasteiger partial charge >= 0.3 is 6.18 Å². The van der Waals surface area contributed by atoms with Crippen molar-refractivity contribution < 1.29 is 46.7 Å². The number of nitrogens with one attached hydrogen (secondary N) is 2. The van der Waals surface area contributed by atoms with E-state index in [0.29, 0.717) is 74.5 Å². The molecule has 5 aromatic rings. The van der Waals surface area contributed by atoms with Crippen LogP contribution in [-0.2, 0) is 31.7 Å². The summed E-state index contributed by atoms with van der Waals surface area (Å²) in [6.45, 7) is 10.4. The maximum atomic E-state index is 14.1. The van der Waals surface area contributed by atoms with Crippen LogP contribution in [0.5, 0.6) is 5.75 Å². The number of thiazole rings is 1. The van der Waals surface area contributed by atoms with E-state index < -0.39 is 42.0 Å². The fourth-order valence-corrected chi connectivity index (χ4v) is 10.3. The average molecular weight is 1000 g/mol. The van der Waals surface area contributed by atoms with Crippen molar-refractivity contribution >= 4 is 34.9 Å². The molecule has 8 rings (SSSR count). The summed E-state index contributed by atoms with van der Waals surface area (Å²) in [5.74, 6) is -0.710. The number of aliphatic hydroxyl groups excluding tert-OH is 1. The maximum Gasteiger partial charge on any atom is 0.453 e. The molecule has 4 atom stereocenters. The number of nitrogens with zero attached hydrogens (tertiary/aromatic N) is 8. The van der Waals surface area contributed by atoms with Crippen LogP contribution in [0.4, 0.5) is 13.2 Å². The Morgan fingerprint density at radius 3 is 2.39 bits per heavy atom. The first-order valence-electron chi connectivity index (χ1n) is 24.3. The Bertz CT molecular complexity index is 2630. The predicted octanol–water partition coefficient (Wildman–Crippen LogP) is 6.95. The molecule has 3 amide bonds. The standard InChI is InChI=1S/C50H61F3N10O7S/c1-30(2)45(41-25-31(3)60-70-41)48(67)62-28-37(64)26-40(62)47(66)56-39(35-7-9-36(10-8-35)46-32(4)55-29-71-46)27-44(65)54-19-24-68-22-5-6-23-69-38-13-11-33(12-14-38)34-17-20-61(21-18-34)43-16-15-42-57-58-49(50(51,52)53)63(42)59-43/h7-14,25,29-30,34,37,39-40,45,64H,5-6,15-24,26-28H2,1-4H3,(H,54,65)(H,56,66)/t37-,39+,40?,45-/m1/s1. The van der Waals surface area contributed by atoms with Crippen molar-refractivity contribution in [1.29, 1.82) is 0 Å². The second kappa shape index (κ2) is 22.9. The number of carbonyl (C=O) groups is 3. The summed E-state index contributed by atoms with van der Waals surface area (Å²) in [4.78, 5) is 50.5. The number of amidine groups is 1. The smallest absolute Gasteiger partial charge is 0.453 e. The first-order valence-corrected chi connectivity index (χ1v) is 25.1.